The maximum Gasteiger partial charge on any atom is 0.460 e. The number of alkyl halides is 10. The molecule has 0 aliphatic carbocycles. The molecule has 0 fully saturated rings. The zero-order valence-corrected chi connectivity index (χ0v) is 20.9. The van der Waals surface area contributed by atoms with E-state index in [2.05, 4.69) is 0 Å². The van der Waals surface area contributed by atoms with Crippen molar-refractivity contribution < 1.29 is 53.7 Å². The van der Waals surface area contributed by atoms with Gasteiger partial charge in [0.1, 0.15) is 11.5 Å². The summed E-state index contributed by atoms with van der Waals surface area (Å²) < 4.78 is 139. The van der Waals surface area contributed by atoms with Crippen LogP contribution in [0.4, 0.5) is 49.6 Å². The maximum atomic E-state index is 14.3. The summed E-state index contributed by atoms with van der Waals surface area (Å²) in [5, 5.41) is 9.70. The lowest BCUT2D eigenvalue weighted by molar-refractivity contribution is -0.359. The Bertz CT molecular complexity index is 1300. The minimum absolute atomic E-state index is 0.0166. The fourth-order valence-corrected chi connectivity index (χ4v) is 3.89. The topological polar surface area (TPSA) is 32.7 Å². The summed E-state index contributed by atoms with van der Waals surface area (Å²) in [5.41, 5.74) is -0.244. The molecule has 218 valence electrons. The molecule has 0 bridgehead atoms. The first-order chi connectivity index (χ1) is 18.3. The molecule has 3 rings (SSSR count). The third kappa shape index (κ3) is 6.98. The summed E-state index contributed by atoms with van der Waals surface area (Å²) in [5.74, 6) is -11.5. The molecule has 40 heavy (non-hydrogen) atoms. The van der Waals surface area contributed by atoms with E-state index in [1.807, 2.05) is 19.9 Å². The van der Waals surface area contributed by atoms with E-state index in [0.29, 0.717) is 17.9 Å². The smallest absolute Gasteiger partial charge is 0.457 e. The average molecular weight is 583 g/mol. The molecule has 0 amide bonds. The molecule has 13 heteroatoms. The quantitative estimate of drug-likeness (QED) is 0.257. The van der Waals surface area contributed by atoms with Gasteiger partial charge in [0, 0.05) is 23.9 Å². The number of aliphatic hydroxyl groups is 1. The lowest BCUT2D eigenvalue weighted by atomic mass is 9.99. The Morgan fingerprint density at radius 1 is 0.750 bits per heavy atom. The van der Waals surface area contributed by atoms with Crippen molar-refractivity contribution in [2.75, 3.05) is 11.4 Å². The minimum Gasteiger partial charge on any atom is -0.457 e. The first-order valence-electron chi connectivity index (χ1n) is 11.6. The predicted molar refractivity (Wildman–Crippen MR) is 127 cm³/mol. The van der Waals surface area contributed by atoms with Crippen molar-refractivity contribution >= 4 is 5.69 Å². The van der Waals surface area contributed by atoms with Crippen molar-refractivity contribution in [2.45, 2.75) is 50.7 Å². The van der Waals surface area contributed by atoms with E-state index >= 15 is 0 Å². The normalized spacial score (nSPS) is 13.7. The van der Waals surface area contributed by atoms with E-state index in [0.717, 1.165) is 28.2 Å². The van der Waals surface area contributed by atoms with Gasteiger partial charge >= 0.3 is 24.2 Å². The summed E-state index contributed by atoms with van der Waals surface area (Å²) in [7, 11) is 0. The second-order valence-corrected chi connectivity index (χ2v) is 9.21. The largest absolute Gasteiger partial charge is 0.460 e. The molecule has 0 radical (unpaired) electrons. The summed E-state index contributed by atoms with van der Waals surface area (Å²) in [4.78, 5) is 0.908. The average Bonchev–Trinajstić information content (AvgIpc) is 2.82. The van der Waals surface area contributed by atoms with E-state index in [-0.39, 0.29) is 17.0 Å². The van der Waals surface area contributed by atoms with Crippen LogP contribution in [-0.2, 0) is 12.5 Å². The van der Waals surface area contributed by atoms with Gasteiger partial charge in [-0.2, -0.15) is 43.9 Å². The monoisotopic (exact) mass is 583 g/mol. The molecule has 3 aromatic rings. The molecular weight excluding hydrogens is 560 g/mol. The number of halogens is 10. The lowest BCUT2D eigenvalue weighted by Crippen LogP contribution is -2.50. The number of benzene rings is 3. The predicted octanol–water partition coefficient (Wildman–Crippen LogP) is 8.31. The molecule has 0 heterocycles. The maximum absolute atomic E-state index is 14.3. The number of nitrogens with zero attached hydrogens (tertiary/aromatic N) is 1. The van der Waals surface area contributed by atoms with E-state index in [1.54, 1.807) is 12.1 Å². The van der Waals surface area contributed by atoms with Gasteiger partial charge in [-0.1, -0.05) is 30.3 Å². The number of rotatable bonds is 9. The van der Waals surface area contributed by atoms with Crippen LogP contribution in [0.1, 0.15) is 22.3 Å². The summed E-state index contributed by atoms with van der Waals surface area (Å²) in [6.07, 6.45) is -14.5. The molecule has 1 N–H and O–H groups in total. The van der Waals surface area contributed by atoms with Gasteiger partial charge in [0.2, 0.25) is 0 Å². The molecule has 0 aliphatic heterocycles. The third-order valence-corrected chi connectivity index (χ3v) is 5.80. The van der Waals surface area contributed by atoms with E-state index in [1.165, 1.54) is 24.3 Å². The van der Waals surface area contributed by atoms with Gasteiger partial charge in [0.15, 0.2) is 6.10 Å². The number of anilines is 1. The van der Waals surface area contributed by atoms with E-state index in [4.69, 9.17) is 4.74 Å². The van der Waals surface area contributed by atoms with Crippen LogP contribution in [0.3, 0.4) is 0 Å². The molecule has 0 spiro atoms. The van der Waals surface area contributed by atoms with Crippen molar-refractivity contribution in [3.05, 3.63) is 89.0 Å². The Hall–Kier alpha value is -3.48. The van der Waals surface area contributed by atoms with Crippen LogP contribution in [0.25, 0.3) is 0 Å². The second-order valence-electron chi connectivity index (χ2n) is 9.21. The standard InChI is InChI=1S/C27H23F10NO2/c1-16-9-17(2)11-22(10-16)40-21-8-4-7-20(13-21)38(15-23(39)25(30,31)32)14-18-5-3-6-19(12-18)24(28,29)26(33,34)27(35,36)37/h3-13,23,39H,14-15H2,1-2H3/t23-/m1/s1. The molecule has 0 unspecified atom stereocenters. The zero-order valence-electron chi connectivity index (χ0n) is 20.9. The molecule has 0 aromatic heterocycles. The minimum atomic E-state index is -6.56. The van der Waals surface area contributed by atoms with Gasteiger partial charge in [-0.15, -0.1) is 0 Å². The number of aryl methyl sites for hydroxylation is 2. The Kier molecular flexibility index (Phi) is 8.68. The molecule has 3 nitrogen and oxygen atoms in total. The van der Waals surface area contributed by atoms with Crippen molar-refractivity contribution in [1.82, 2.24) is 0 Å². The van der Waals surface area contributed by atoms with Crippen LogP contribution in [-0.4, -0.2) is 36.0 Å². The van der Waals surface area contributed by atoms with E-state index in [9.17, 15) is 49.0 Å². The van der Waals surface area contributed by atoms with Crippen LogP contribution in [0.5, 0.6) is 11.5 Å². The van der Waals surface area contributed by atoms with Crippen LogP contribution in [0.2, 0.25) is 0 Å². The Balaban J connectivity index is 1.98. The van der Waals surface area contributed by atoms with E-state index < -0.39 is 49.0 Å². The van der Waals surface area contributed by atoms with Crippen molar-refractivity contribution in [1.29, 1.82) is 0 Å². The Morgan fingerprint density at radius 2 is 1.35 bits per heavy atom. The van der Waals surface area contributed by atoms with Gasteiger partial charge in [0.05, 0.1) is 6.54 Å². The Morgan fingerprint density at radius 3 is 1.93 bits per heavy atom. The summed E-state index contributed by atoms with van der Waals surface area (Å²) >= 11 is 0. The number of hydrogen-bond acceptors (Lipinski definition) is 3. The molecule has 0 saturated carbocycles. The van der Waals surface area contributed by atoms with Gasteiger partial charge in [-0.3, -0.25) is 0 Å². The SMILES string of the molecule is Cc1cc(C)cc(Oc2cccc(N(Cc3cccc(C(F)(F)C(F)(F)C(F)(F)F)c3)C[C@@H](O)C(F)(F)F)c2)c1. The van der Waals surface area contributed by atoms with Gasteiger partial charge in [-0.25, -0.2) is 0 Å². The second kappa shape index (κ2) is 11.2. The fraction of sp³-hybridized carbons (Fsp3) is 0.333. The summed E-state index contributed by atoms with van der Waals surface area (Å²) in [6, 6.07) is 13.4. The number of ether oxygens (including phenoxy) is 1. The highest BCUT2D eigenvalue weighted by atomic mass is 19.4. The number of hydrogen-bond donors (Lipinski definition) is 1. The highest BCUT2D eigenvalue weighted by Crippen LogP contribution is 2.51. The van der Waals surface area contributed by atoms with Crippen LogP contribution in [0.15, 0.2) is 66.7 Å². The highest BCUT2D eigenvalue weighted by Gasteiger charge is 2.73. The summed E-state index contributed by atoms with van der Waals surface area (Å²) in [6.45, 7) is 1.86. The Labute approximate surface area is 222 Å². The molecule has 3 aromatic carbocycles. The van der Waals surface area contributed by atoms with Crippen LogP contribution >= 0.6 is 0 Å². The first-order valence-corrected chi connectivity index (χ1v) is 11.6. The molecular formula is C27H23F10NO2. The third-order valence-electron chi connectivity index (χ3n) is 5.80. The lowest BCUT2D eigenvalue weighted by Gasteiger charge is -2.30. The highest BCUT2D eigenvalue weighted by molar-refractivity contribution is 5.52. The van der Waals surface area contributed by atoms with Crippen molar-refractivity contribution in [3.8, 4) is 11.5 Å². The molecule has 0 saturated heterocycles. The van der Waals surface area contributed by atoms with Crippen LogP contribution in [0, 0.1) is 13.8 Å². The fourth-order valence-electron chi connectivity index (χ4n) is 3.89. The van der Waals surface area contributed by atoms with Crippen molar-refractivity contribution in [2.24, 2.45) is 0 Å². The molecule has 1 atom stereocenters. The number of aliphatic hydroxyl groups excluding tert-OH is 1. The van der Waals surface area contributed by atoms with Gasteiger partial charge in [-0.05, 0) is 60.9 Å². The first kappa shape index (κ1) is 31.1. The van der Waals surface area contributed by atoms with Gasteiger partial charge < -0.3 is 14.7 Å². The van der Waals surface area contributed by atoms with Crippen molar-refractivity contribution in [3.63, 3.8) is 0 Å². The molecule has 0 aliphatic rings. The van der Waals surface area contributed by atoms with Gasteiger partial charge in [0.25, 0.3) is 0 Å². The zero-order chi connectivity index (χ0) is 30.1. The van der Waals surface area contributed by atoms with Crippen LogP contribution < -0.4 is 9.64 Å².